The van der Waals surface area contributed by atoms with E-state index in [-0.39, 0.29) is 6.10 Å². The molecule has 102 valence electrons. The topological polar surface area (TPSA) is 63.9 Å². The predicted octanol–water partition coefficient (Wildman–Crippen LogP) is 2.77. The molecule has 1 saturated carbocycles. The normalized spacial score (nSPS) is 23.7. The number of aromatic amines is 1. The third-order valence-electron chi connectivity index (χ3n) is 4.26. The highest BCUT2D eigenvalue weighted by atomic mass is 16.5. The van der Waals surface area contributed by atoms with Crippen molar-refractivity contribution in [2.75, 3.05) is 6.54 Å². The summed E-state index contributed by atoms with van der Waals surface area (Å²) in [4.78, 5) is 0. The summed E-state index contributed by atoms with van der Waals surface area (Å²) in [5.74, 6) is 1.47. The van der Waals surface area contributed by atoms with Gasteiger partial charge >= 0.3 is 0 Å². The molecule has 3 N–H and O–H groups in total. The molecule has 4 nitrogen and oxygen atoms in total. The number of ether oxygens (including phenoxy) is 1. The summed E-state index contributed by atoms with van der Waals surface area (Å²) in [6.45, 7) is 2.81. The first kappa shape index (κ1) is 12.5. The lowest BCUT2D eigenvalue weighted by Crippen LogP contribution is -2.35. The summed E-state index contributed by atoms with van der Waals surface area (Å²) < 4.78 is 6.25. The van der Waals surface area contributed by atoms with E-state index in [9.17, 15) is 0 Å². The predicted molar refractivity (Wildman–Crippen MR) is 76.3 cm³/mol. The van der Waals surface area contributed by atoms with Crippen molar-refractivity contribution in [1.82, 2.24) is 10.2 Å². The number of aromatic nitrogens is 2. The van der Waals surface area contributed by atoms with Gasteiger partial charge in [-0.3, -0.25) is 5.10 Å². The van der Waals surface area contributed by atoms with Crippen molar-refractivity contribution in [3.63, 3.8) is 0 Å². The minimum atomic E-state index is 0.266. The molecule has 0 spiro atoms. The van der Waals surface area contributed by atoms with Crippen LogP contribution in [0, 0.1) is 12.8 Å². The maximum Gasteiger partial charge on any atom is 0.123 e. The second-order valence-electron chi connectivity index (χ2n) is 5.46. The first-order valence-corrected chi connectivity index (χ1v) is 7.09. The van der Waals surface area contributed by atoms with E-state index in [2.05, 4.69) is 17.1 Å². The molecule has 1 aliphatic rings. The highest BCUT2D eigenvalue weighted by Gasteiger charge is 2.26. The minimum absolute atomic E-state index is 0.266. The van der Waals surface area contributed by atoms with E-state index in [0.29, 0.717) is 5.92 Å². The van der Waals surface area contributed by atoms with Crippen LogP contribution in [0.2, 0.25) is 0 Å². The molecule has 2 atom stereocenters. The van der Waals surface area contributed by atoms with Gasteiger partial charge in [0.15, 0.2) is 0 Å². The van der Waals surface area contributed by atoms with Gasteiger partial charge in [0.25, 0.3) is 0 Å². The number of aryl methyl sites for hydroxylation is 1. The van der Waals surface area contributed by atoms with Crippen LogP contribution in [0.3, 0.4) is 0 Å². The maximum absolute atomic E-state index is 6.25. The van der Waals surface area contributed by atoms with Gasteiger partial charge in [0.05, 0.1) is 11.7 Å². The van der Waals surface area contributed by atoms with Gasteiger partial charge in [-0.05, 0) is 44.9 Å². The summed E-state index contributed by atoms with van der Waals surface area (Å²) in [5.41, 5.74) is 8.08. The Morgan fingerprint density at radius 2 is 2.21 bits per heavy atom. The summed E-state index contributed by atoms with van der Waals surface area (Å²) in [6, 6.07) is 4.07. The number of H-pyrrole nitrogens is 1. The minimum Gasteiger partial charge on any atom is -0.490 e. The number of fused-ring (bicyclic) bond motifs is 1. The molecular formula is C15H21N3O. The van der Waals surface area contributed by atoms with Gasteiger partial charge in [0.1, 0.15) is 11.9 Å². The lowest BCUT2D eigenvalue weighted by atomic mass is 9.86. The lowest BCUT2D eigenvalue weighted by Gasteiger charge is -2.31. The Morgan fingerprint density at radius 3 is 3.05 bits per heavy atom. The van der Waals surface area contributed by atoms with Crippen LogP contribution in [-0.4, -0.2) is 22.8 Å². The standard InChI is InChI=1S/C15H21N3O/c1-10-12-9-17-18-13(12)6-7-14(10)19-15-5-3-2-4-11(15)8-16/h6-7,9,11,15H,2-5,8,16H2,1H3,(H,17,18)/t11-,15+/m1/s1. The monoisotopic (exact) mass is 259 g/mol. The summed E-state index contributed by atoms with van der Waals surface area (Å²) >= 11 is 0. The van der Waals surface area contributed by atoms with Crippen molar-refractivity contribution in [2.24, 2.45) is 11.7 Å². The molecule has 0 amide bonds. The first-order valence-electron chi connectivity index (χ1n) is 7.09. The summed E-state index contributed by atoms with van der Waals surface area (Å²) in [7, 11) is 0. The average Bonchev–Trinajstić information content (AvgIpc) is 2.92. The number of benzene rings is 1. The van der Waals surface area contributed by atoms with Crippen LogP contribution in [0.15, 0.2) is 18.3 Å². The van der Waals surface area contributed by atoms with Crippen LogP contribution in [-0.2, 0) is 0 Å². The Hall–Kier alpha value is -1.55. The number of nitrogens with zero attached hydrogens (tertiary/aromatic N) is 1. The molecule has 1 heterocycles. The number of hydrogen-bond acceptors (Lipinski definition) is 3. The smallest absolute Gasteiger partial charge is 0.123 e. The van der Waals surface area contributed by atoms with Gasteiger partial charge < -0.3 is 10.5 Å². The fraction of sp³-hybridized carbons (Fsp3) is 0.533. The molecule has 1 fully saturated rings. The molecule has 19 heavy (non-hydrogen) atoms. The SMILES string of the molecule is Cc1c(O[C@H]2CCCC[C@@H]2CN)ccc2[nH]ncc12. The zero-order valence-corrected chi connectivity index (χ0v) is 11.4. The summed E-state index contributed by atoms with van der Waals surface area (Å²) in [5, 5.41) is 8.20. The van der Waals surface area contributed by atoms with Crippen LogP contribution in [0.4, 0.5) is 0 Å². The molecule has 0 unspecified atom stereocenters. The number of hydrogen-bond donors (Lipinski definition) is 2. The molecular weight excluding hydrogens is 238 g/mol. The average molecular weight is 259 g/mol. The second-order valence-corrected chi connectivity index (χ2v) is 5.46. The largest absolute Gasteiger partial charge is 0.490 e. The van der Waals surface area contributed by atoms with Gasteiger partial charge in [-0.25, -0.2) is 0 Å². The van der Waals surface area contributed by atoms with Gasteiger partial charge in [-0.15, -0.1) is 0 Å². The Bertz CT molecular complexity index is 564. The third-order valence-corrected chi connectivity index (χ3v) is 4.26. The van der Waals surface area contributed by atoms with E-state index in [4.69, 9.17) is 10.5 Å². The molecule has 0 radical (unpaired) electrons. The number of nitrogens with two attached hydrogens (primary N) is 1. The van der Waals surface area contributed by atoms with Crippen LogP contribution in [0.5, 0.6) is 5.75 Å². The molecule has 1 aliphatic carbocycles. The van der Waals surface area contributed by atoms with E-state index in [1.54, 1.807) is 0 Å². The molecule has 0 bridgehead atoms. The molecule has 1 aromatic carbocycles. The van der Waals surface area contributed by atoms with Crippen molar-refractivity contribution in [3.8, 4) is 5.75 Å². The fourth-order valence-electron chi connectivity index (χ4n) is 3.03. The molecule has 0 saturated heterocycles. The highest BCUT2D eigenvalue weighted by Crippen LogP contribution is 2.31. The van der Waals surface area contributed by atoms with Crippen molar-refractivity contribution in [1.29, 1.82) is 0 Å². The molecule has 3 rings (SSSR count). The van der Waals surface area contributed by atoms with Crippen LogP contribution in [0.1, 0.15) is 31.2 Å². The number of nitrogens with one attached hydrogen (secondary N) is 1. The fourth-order valence-corrected chi connectivity index (χ4v) is 3.03. The number of rotatable bonds is 3. The van der Waals surface area contributed by atoms with Crippen molar-refractivity contribution >= 4 is 10.9 Å². The molecule has 0 aliphatic heterocycles. The van der Waals surface area contributed by atoms with Crippen LogP contribution < -0.4 is 10.5 Å². The first-order chi connectivity index (χ1) is 9.29. The lowest BCUT2D eigenvalue weighted by molar-refractivity contribution is 0.0965. The van der Waals surface area contributed by atoms with Crippen molar-refractivity contribution < 1.29 is 4.74 Å². The van der Waals surface area contributed by atoms with E-state index in [1.165, 1.54) is 19.3 Å². The zero-order chi connectivity index (χ0) is 13.2. The third kappa shape index (κ3) is 2.32. The van der Waals surface area contributed by atoms with E-state index >= 15 is 0 Å². The Labute approximate surface area is 113 Å². The molecule has 1 aromatic heterocycles. The van der Waals surface area contributed by atoms with Gasteiger partial charge in [-0.1, -0.05) is 6.42 Å². The van der Waals surface area contributed by atoms with E-state index in [0.717, 1.165) is 35.2 Å². The van der Waals surface area contributed by atoms with Gasteiger partial charge in [0, 0.05) is 16.9 Å². The Morgan fingerprint density at radius 1 is 1.37 bits per heavy atom. The summed E-state index contributed by atoms with van der Waals surface area (Å²) in [6.07, 6.45) is 6.95. The zero-order valence-electron chi connectivity index (χ0n) is 11.4. The Kier molecular flexibility index (Phi) is 3.42. The van der Waals surface area contributed by atoms with Crippen molar-refractivity contribution in [3.05, 3.63) is 23.9 Å². The molecule has 2 aromatic rings. The van der Waals surface area contributed by atoms with Crippen LogP contribution >= 0.6 is 0 Å². The van der Waals surface area contributed by atoms with Gasteiger partial charge in [0.2, 0.25) is 0 Å². The van der Waals surface area contributed by atoms with Crippen molar-refractivity contribution in [2.45, 2.75) is 38.7 Å². The maximum atomic E-state index is 6.25. The van der Waals surface area contributed by atoms with Crippen LogP contribution in [0.25, 0.3) is 10.9 Å². The van der Waals surface area contributed by atoms with E-state index in [1.807, 2.05) is 18.3 Å². The Balaban J connectivity index is 1.85. The molecule has 4 heteroatoms. The highest BCUT2D eigenvalue weighted by molar-refractivity contribution is 5.83. The quantitative estimate of drug-likeness (QED) is 0.890. The van der Waals surface area contributed by atoms with Gasteiger partial charge in [-0.2, -0.15) is 5.10 Å². The second kappa shape index (κ2) is 5.21. The van der Waals surface area contributed by atoms with E-state index < -0.39 is 0 Å².